The SMILES string of the molecule is Cc1ccc(=O)n(Cc2cc(C(=O)O)no2)n1. The summed E-state index contributed by atoms with van der Waals surface area (Å²) in [6, 6.07) is 4.25. The molecule has 7 nitrogen and oxygen atoms in total. The molecular formula is C10H9N3O4. The second-order valence-electron chi connectivity index (χ2n) is 3.45. The Balaban J connectivity index is 2.28. The molecule has 2 aromatic heterocycles. The Morgan fingerprint density at radius 1 is 1.53 bits per heavy atom. The molecule has 7 heteroatoms. The molecule has 0 aliphatic carbocycles. The predicted molar refractivity (Wildman–Crippen MR) is 55.8 cm³/mol. The van der Waals surface area contributed by atoms with Gasteiger partial charge in [0.25, 0.3) is 5.56 Å². The van der Waals surface area contributed by atoms with Gasteiger partial charge in [0, 0.05) is 12.1 Å². The van der Waals surface area contributed by atoms with Gasteiger partial charge in [-0.2, -0.15) is 5.10 Å². The van der Waals surface area contributed by atoms with E-state index in [1.165, 1.54) is 16.8 Å². The summed E-state index contributed by atoms with van der Waals surface area (Å²) in [5.74, 6) is -0.910. The molecule has 0 radical (unpaired) electrons. The van der Waals surface area contributed by atoms with Crippen molar-refractivity contribution in [1.82, 2.24) is 14.9 Å². The zero-order valence-corrected chi connectivity index (χ0v) is 8.95. The molecule has 0 bridgehead atoms. The van der Waals surface area contributed by atoms with Crippen molar-refractivity contribution in [2.24, 2.45) is 0 Å². The van der Waals surface area contributed by atoms with Gasteiger partial charge in [-0.1, -0.05) is 5.16 Å². The molecule has 0 aliphatic heterocycles. The molecule has 0 aromatic carbocycles. The third kappa shape index (κ3) is 2.39. The second-order valence-corrected chi connectivity index (χ2v) is 3.45. The predicted octanol–water partition coefficient (Wildman–Crippen LogP) is 0.286. The Hall–Kier alpha value is -2.44. The first-order valence-electron chi connectivity index (χ1n) is 4.80. The minimum atomic E-state index is -1.18. The molecule has 0 saturated heterocycles. The first kappa shape index (κ1) is 11.1. The van der Waals surface area contributed by atoms with Gasteiger partial charge in [0.2, 0.25) is 0 Å². The molecule has 0 aliphatic rings. The van der Waals surface area contributed by atoms with E-state index in [0.29, 0.717) is 5.69 Å². The van der Waals surface area contributed by atoms with E-state index in [4.69, 9.17) is 9.63 Å². The van der Waals surface area contributed by atoms with Crippen LogP contribution in [0.2, 0.25) is 0 Å². The van der Waals surface area contributed by atoms with Crippen LogP contribution in [0, 0.1) is 6.92 Å². The highest BCUT2D eigenvalue weighted by Crippen LogP contribution is 2.04. The lowest BCUT2D eigenvalue weighted by Gasteiger charge is -2.01. The van der Waals surface area contributed by atoms with Gasteiger partial charge in [0.1, 0.15) is 6.54 Å². The molecule has 88 valence electrons. The van der Waals surface area contributed by atoms with Crippen molar-refractivity contribution < 1.29 is 14.4 Å². The number of carboxylic acid groups (broad SMARTS) is 1. The number of hydrogen-bond acceptors (Lipinski definition) is 5. The quantitative estimate of drug-likeness (QED) is 0.820. The second kappa shape index (κ2) is 4.20. The molecule has 0 saturated carbocycles. The fraction of sp³-hybridized carbons (Fsp3) is 0.200. The summed E-state index contributed by atoms with van der Waals surface area (Å²) < 4.78 is 5.98. The third-order valence-electron chi connectivity index (χ3n) is 2.08. The first-order chi connectivity index (χ1) is 8.06. The van der Waals surface area contributed by atoms with Gasteiger partial charge in [-0.3, -0.25) is 4.79 Å². The van der Waals surface area contributed by atoms with Gasteiger partial charge in [-0.15, -0.1) is 0 Å². The Morgan fingerprint density at radius 3 is 2.94 bits per heavy atom. The fourth-order valence-corrected chi connectivity index (χ4v) is 1.30. The van der Waals surface area contributed by atoms with Crippen molar-refractivity contribution in [3.8, 4) is 0 Å². The highest BCUT2D eigenvalue weighted by atomic mass is 16.5. The van der Waals surface area contributed by atoms with E-state index in [9.17, 15) is 9.59 Å². The molecule has 0 fully saturated rings. The summed E-state index contributed by atoms with van der Waals surface area (Å²) in [6.45, 7) is 1.81. The van der Waals surface area contributed by atoms with Crippen LogP contribution >= 0.6 is 0 Å². The van der Waals surface area contributed by atoms with Crippen molar-refractivity contribution in [2.45, 2.75) is 13.5 Å². The van der Waals surface area contributed by atoms with Crippen molar-refractivity contribution in [1.29, 1.82) is 0 Å². The average Bonchev–Trinajstić information content (AvgIpc) is 2.72. The molecule has 0 spiro atoms. The normalized spacial score (nSPS) is 10.4. The number of nitrogens with zero attached hydrogens (tertiary/aromatic N) is 3. The molecule has 1 N–H and O–H groups in total. The summed E-state index contributed by atoms with van der Waals surface area (Å²) in [5, 5.41) is 16.0. The molecule has 2 rings (SSSR count). The lowest BCUT2D eigenvalue weighted by atomic mass is 10.3. The van der Waals surface area contributed by atoms with Crippen LogP contribution in [0.3, 0.4) is 0 Å². The lowest BCUT2D eigenvalue weighted by molar-refractivity contribution is 0.0685. The molecular weight excluding hydrogens is 226 g/mol. The molecule has 2 heterocycles. The summed E-state index contributed by atoms with van der Waals surface area (Å²) in [4.78, 5) is 22.0. The van der Waals surface area contributed by atoms with Gasteiger partial charge < -0.3 is 9.63 Å². The van der Waals surface area contributed by atoms with Crippen LogP contribution in [-0.2, 0) is 6.54 Å². The first-order valence-corrected chi connectivity index (χ1v) is 4.80. The lowest BCUT2D eigenvalue weighted by Crippen LogP contribution is -2.22. The molecule has 17 heavy (non-hydrogen) atoms. The van der Waals surface area contributed by atoms with Crippen LogP contribution in [-0.4, -0.2) is 26.0 Å². The summed E-state index contributed by atoms with van der Waals surface area (Å²) >= 11 is 0. The zero-order chi connectivity index (χ0) is 12.4. The number of aromatic nitrogens is 3. The Bertz CT molecular complexity index is 614. The number of carbonyl (C=O) groups is 1. The number of carboxylic acids is 1. The van der Waals surface area contributed by atoms with Gasteiger partial charge >= 0.3 is 5.97 Å². The molecule has 0 amide bonds. The van der Waals surface area contributed by atoms with E-state index in [1.807, 2.05) is 0 Å². The standard InChI is InChI=1S/C10H9N3O4/c1-6-2-3-9(14)13(11-6)5-7-4-8(10(15)16)12-17-7/h2-4H,5H2,1H3,(H,15,16). The topological polar surface area (TPSA) is 98.2 Å². The van der Waals surface area contributed by atoms with Gasteiger partial charge in [-0.25, -0.2) is 9.48 Å². The molecule has 0 atom stereocenters. The van der Waals surface area contributed by atoms with Gasteiger partial charge in [0.15, 0.2) is 11.5 Å². The Labute approximate surface area is 95.3 Å². The van der Waals surface area contributed by atoms with E-state index in [0.717, 1.165) is 0 Å². The van der Waals surface area contributed by atoms with E-state index in [-0.39, 0.29) is 23.6 Å². The van der Waals surface area contributed by atoms with Crippen LogP contribution in [0.15, 0.2) is 27.5 Å². The number of aryl methyl sites for hydroxylation is 1. The van der Waals surface area contributed by atoms with Crippen LogP contribution in [0.4, 0.5) is 0 Å². The van der Waals surface area contributed by atoms with Crippen LogP contribution in [0.5, 0.6) is 0 Å². The van der Waals surface area contributed by atoms with E-state index in [1.54, 1.807) is 13.0 Å². The minimum absolute atomic E-state index is 0.0563. The van der Waals surface area contributed by atoms with E-state index < -0.39 is 5.97 Å². The van der Waals surface area contributed by atoms with Crippen LogP contribution in [0.25, 0.3) is 0 Å². The van der Waals surface area contributed by atoms with Gasteiger partial charge in [-0.05, 0) is 13.0 Å². The highest BCUT2D eigenvalue weighted by molar-refractivity contribution is 5.85. The Morgan fingerprint density at radius 2 is 2.29 bits per heavy atom. The summed E-state index contributed by atoms with van der Waals surface area (Å²) in [5.41, 5.74) is 0.201. The van der Waals surface area contributed by atoms with Crippen LogP contribution < -0.4 is 5.56 Å². The number of aromatic carboxylic acids is 1. The number of rotatable bonds is 3. The zero-order valence-electron chi connectivity index (χ0n) is 8.95. The van der Waals surface area contributed by atoms with Crippen molar-refractivity contribution in [3.63, 3.8) is 0 Å². The highest BCUT2D eigenvalue weighted by Gasteiger charge is 2.11. The third-order valence-corrected chi connectivity index (χ3v) is 2.08. The number of hydrogen-bond donors (Lipinski definition) is 1. The minimum Gasteiger partial charge on any atom is -0.476 e. The Kier molecular flexibility index (Phi) is 2.73. The summed E-state index contributed by atoms with van der Waals surface area (Å²) in [7, 11) is 0. The maximum atomic E-state index is 11.4. The maximum absolute atomic E-state index is 11.4. The van der Waals surface area contributed by atoms with Crippen molar-refractivity contribution in [3.05, 3.63) is 45.7 Å². The smallest absolute Gasteiger partial charge is 0.358 e. The van der Waals surface area contributed by atoms with Gasteiger partial charge in [0.05, 0.1) is 5.69 Å². The molecule has 0 unspecified atom stereocenters. The van der Waals surface area contributed by atoms with E-state index in [2.05, 4.69) is 10.3 Å². The summed E-state index contributed by atoms with van der Waals surface area (Å²) in [6.07, 6.45) is 0. The fourth-order valence-electron chi connectivity index (χ4n) is 1.30. The monoisotopic (exact) mass is 235 g/mol. The van der Waals surface area contributed by atoms with Crippen LogP contribution in [0.1, 0.15) is 21.9 Å². The van der Waals surface area contributed by atoms with Crippen molar-refractivity contribution in [2.75, 3.05) is 0 Å². The van der Waals surface area contributed by atoms with Crippen molar-refractivity contribution >= 4 is 5.97 Å². The maximum Gasteiger partial charge on any atom is 0.358 e. The molecule has 2 aromatic rings. The largest absolute Gasteiger partial charge is 0.476 e. The van der Waals surface area contributed by atoms with E-state index >= 15 is 0 Å². The average molecular weight is 235 g/mol.